The maximum Gasteiger partial charge on any atom is 0.244 e. The molecule has 2 atom stereocenters. The number of aliphatic hydroxyl groups excluding tert-OH is 1. The van der Waals surface area contributed by atoms with E-state index in [-0.39, 0.29) is 24.6 Å². The number of amides is 1. The van der Waals surface area contributed by atoms with Crippen LogP contribution in [0.5, 0.6) is 0 Å². The van der Waals surface area contributed by atoms with Gasteiger partial charge in [-0.1, -0.05) is 18.2 Å². The maximum atomic E-state index is 12.6. The number of anilines is 1. The SMILES string of the molecule is Cc1ccccc1N1CCC(C)NC(CCO)C1=O. The highest BCUT2D eigenvalue weighted by Gasteiger charge is 2.30. The number of rotatable bonds is 3. The molecule has 1 aromatic carbocycles. The molecule has 4 heteroatoms. The molecule has 1 aliphatic rings. The molecule has 2 N–H and O–H groups in total. The van der Waals surface area contributed by atoms with E-state index in [9.17, 15) is 4.79 Å². The molecule has 1 aliphatic heterocycles. The Balaban J connectivity index is 2.28. The highest BCUT2D eigenvalue weighted by atomic mass is 16.3. The van der Waals surface area contributed by atoms with E-state index in [1.54, 1.807) is 0 Å². The van der Waals surface area contributed by atoms with Gasteiger partial charge < -0.3 is 15.3 Å². The van der Waals surface area contributed by atoms with Crippen LogP contribution in [-0.4, -0.2) is 36.2 Å². The zero-order chi connectivity index (χ0) is 13.8. The molecule has 2 unspecified atom stereocenters. The Labute approximate surface area is 114 Å². The van der Waals surface area contributed by atoms with Gasteiger partial charge in [-0.2, -0.15) is 0 Å². The van der Waals surface area contributed by atoms with Crippen LogP contribution in [0.3, 0.4) is 0 Å². The van der Waals surface area contributed by atoms with Gasteiger partial charge in [0.1, 0.15) is 0 Å². The van der Waals surface area contributed by atoms with E-state index in [0.29, 0.717) is 6.42 Å². The van der Waals surface area contributed by atoms with Gasteiger partial charge in [-0.05, 0) is 38.3 Å². The molecule has 0 spiro atoms. The summed E-state index contributed by atoms with van der Waals surface area (Å²) < 4.78 is 0. The summed E-state index contributed by atoms with van der Waals surface area (Å²) in [5, 5.41) is 12.4. The van der Waals surface area contributed by atoms with Gasteiger partial charge in [-0.25, -0.2) is 0 Å². The summed E-state index contributed by atoms with van der Waals surface area (Å²) in [6, 6.07) is 7.94. The van der Waals surface area contributed by atoms with Crippen LogP contribution < -0.4 is 10.2 Å². The van der Waals surface area contributed by atoms with Crippen molar-refractivity contribution in [3.8, 4) is 0 Å². The van der Waals surface area contributed by atoms with Crippen molar-refractivity contribution in [2.75, 3.05) is 18.1 Å². The number of aliphatic hydroxyl groups is 1. The minimum Gasteiger partial charge on any atom is -0.396 e. The quantitative estimate of drug-likeness (QED) is 0.867. The highest BCUT2D eigenvalue weighted by Crippen LogP contribution is 2.23. The molecule has 104 valence electrons. The van der Waals surface area contributed by atoms with Crippen LogP contribution in [0.1, 0.15) is 25.3 Å². The second kappa shape index (κ2) is 6.17. The van der Waals surface area contributed by atoms with E-state index in [0.717, 1.165) is 24.2 Å². The lowest BCUT2D eigenvalue weighted by atomic mass is 10.1. The summed E-state index contributed by atoms with van der Waals surface area (Å²) in [4.78, 5) is 14.4. The number of nitrogens with zero attached hydrogens (tertiary/aromatic N) is 1. The Hall–Kier alpha value is -1.39. The third-order valence-electron chi connectivity index (χ3n) is 3.66. The summed E-state index contributed by atoms with van der Waals surface area (Å²) in [7, 11) is 0. The molecule has 1 saturated heterocycles. The first-order valence-electron chi connectivity index (χ1n) is 6.87. The molecular weight excluding hydrogens is 240 g/mol. The number of nitrogens with one attached hydrogen (secondary N) is 1. The van der Waals surface area contributed by atoms with Crippen molar-refractivity contribution in [2.45, 2.75) is 38.8 Å². The number of aryl methyl sites for hydroxylation is 1. The second-order valence-electron chi connectivity index (χ2n) is 5.20. The summed E-state index contributed by atoms with van der Waals surface area (Å²) in [6.07, 6.45) is 1.38. The summed E-state index contributed by atoms with van der Waals surface area (Å²) >= 11 is 0. The minimum absolute atomic E-state index is 0.0255. The fraction of sp³-hybridized carbons (Fsp3) is 0.533. The van der Waals surface area contributed by atoms with Crippen LogP contribution in [0.2, 0.25) is 0 Å². The van der Waals surface area contributed by atoms with E-state index in [4.69, 9.17) is 5.11 Å². The lowest BCUT2D eigenvalue weighted by Crippen LogP contribution is -2.46. The van der Waals surface area contributed by atoms with Crippen molar-refractivity contribution in [1.29, 1.82) is 0 Å². The van der Waals surface area contributed by atoms with Crippen LogP contribution in [0, 0.1) is 6.92 Å². The fourth-order valence-corrected chi connectivity index (χ4v) is 2.56. The number of carbonyl (C=O) groups is 1. The number of hydrogen-bond donors (Lipinski definition) is 2. The van der Waals surface area contributed by atoms with Gasteiger partial charge in [0, 0.05) is 24.9 Å². The molecule has 1 amide bonds. The predicted octanol–water partition coefficient (Wildman–Crippen LogP) is 1.46. The molecule has 0 bridgehead atoms. The molecule has 1 heterocycles. The molecule has 1 fully saturated rings. The number of carbonyl (C=O) groups excluding carboxylic acids is 1. The zero-order valence-electron chi connectivity index (χ0n) is 11.6. The number of hydrogen-bond acceptors (Lipinski definition) is 3. The van der Waals surface area contributed by atoms with Crippen molar-refractivity contribution >= 4 is 11.6 Å². The first-order valence-corrected chi connectivity index (χ1v) is 6.87. The minimum atomic E-state index is -0.290. The monoisotopic (exact) mass is 262 g/mol. The standard InChI is InChI=1S/C15H22N2O2/c1-11-5-3-4-6-14(11)17-9-7-12(2)16-13(8-10-18)15(17)19/h3-6,12-13,16,18H,7-10H2,1-2H3. The molecule has 2 rings (SSSR count). The molecule has 0 saturated carbocycles. The van der Waals surface area contributed by atoms with E-state index in [2.05, 4.69) is 12.2 Å². The Morgan fingerprint density at radius 1 is 1.42 bits per heavy atom. The van der Waals surface area contributed by atoms with E-state index < -0.39 is 0 Å². The summed E-state index contributed by atoms with van der Waals surface area (Å²) in [6.45, 7) is 4.85. The molecule has 0 aromatic heterocycles. The van der Waals surface area contributed by atoms with Gasteiger partial charge >= 0.3 is 0 Å². The van der Waals surface area contributed by atoms with Crippen LogP contribution >= 0.6 is 0 Å². The van der Waals surface area contributed by atoms with Gasteiger partial charge in [-0.3, -0.25) is 4.79 Å². The molecule has 19 heavy (non-hydrogen) atoms. The third kappa shape index (κ3) is 3.14. The molecule has 0 aliphatic carbocycles. The largest absolute Gasteiger partial charge is 0.396 e. The summed E-state index contributed by atoms with van der Waals surface area (Å²) in [5.41, 5.74) is 2.08. The predicted molar refractivity (Wildman–Crippen MR) is 76.2 cm³/mol. The smallest absolute Gasteiger partial charge is 0.244 e. The lowest BCUT2D eigenvalue weighted by molar-refractivity contribution is -0.120. The van der Waals surface area contributed by atoms with E-state index in [1.807, 2.05) is 36.1 Å². The van der Waals surface area contributed by atoms with Gasteiger partial charge in [0.2, 0.25) is 5.91 Å². The maximum absolute atomic E-state index is 12.6. The fourth-order valence-electron chi connectivity index (χ4n) is 2.56. The molecule has 0 radical (unpaired) electrons. The van der Waals surface area contributed by atoms with Crippen molar-refractivity contribution in [2.24, 2.45) is 0 Å². The first-order chi connectivity index (χ1) is 9.13. The lowest BCUT2D eigenvalue weighted by Gasteiger charge is -2.25. The number of benzene rings is 1. The first kappa shape index (κ1) is 14.0. The van der Waals surface area contributed by atoms with Crippen LogP contribution in [0.15, 0.2) is 24.3 Å². The van der Waals surface area contributed by atoms with Gasteiger partial charge in [0.05, 0.1) is 6.04 Å². The van der Waals surface area contributed by atoms with Crippen LogP contribution in [-0.2, 0) is 4.79 Å². The van der Waals surface area contributed by atoms with Gasteiger partial charge in [-0.15, -0.1) is 0 Å². The Morgan fingerprint density at radius 2 is 2.16 bits per heavy atom. The van der Waals surface area contributed by atoms with Crippen LogP contribution in [0.25, 0.3) is 0 Å². The zero-order valence-corrected chi connectivity index (χ0v) is 11.6. The Kier molecular flexibility index (Phi) is 4.56. The van der Waals surface area contributed by atoms with Crippen molar-refractivity contribution in [3.63, 3.8) is 0 Å². The molecular formula is C15H22N2O2. The van der Waals surface area contributed by atoms with Crippen molar-refractivity contribution in [3.05, 3.63) is 29.8 Å². The Morgan fingerprint density at radius 3 is 2.84 bits per heavy atom. The van der Waals surface area contributed by atoms with Crippen molar-refractivity contribution in [1.82, 2.24) is 5.32 Å². The average molecular weight is 262 g/mol. The average Bonchev–Trinajstić information content (AvgIpc) is 2.52. The Bertz CT molecular complexity index is 448. The molecule has 4 nitrogen and oxygen atoms in total. The topological polar surface area (TPSA) is 52.6 Å². The third-order valence-corrected chi connectivity index (χ3v) is 3.66. The molecule has 1 aromatic rings. The van der Waals surface area contributed by atoms with Crippen molar-refractivity contribution < 1.29 is 9.90 Å². The highest BCUT2D eigenvalue weighted by molar-refractivity contribution is 5.98. The van der Waals surface area contributed by atoms with Gasteiger partial charge in [0.15, 0.2) is 0 Å². The van der Waals surface area contributed by atoms with Gasteiger partial charge in [0.25, 0.3) is 0 Å². The summed E-state index contributed by atoms with van der Waals surface area (Å²) in [5.74, 6) is 0.0627. The number of para-hydroxylation sites is 1. The second-order valence-corrected chi connectivity index (χ2v) is 5.20. The van der Waals surface area contributed by atoms with E-state index in [1.165, 1.54) is 0 Å². The normalized spacial score (nSPS) is 24.4. The van der Waals surface area contributed by atoms with E-state index >= 15 is 0 Å². The van der Waals surface area contributed by atoms with Crippen LogP contribution in [0.4, 0.5) is 5.69 Å².